The molecule has 1 saturated heterocycles. The van der Waals surface area contributed by atoms with Crippen LogP contribution in [-0.2, 0) is 36.9 Å². The summed E-state index contributed by atoms with van der Waals surface area (Å²) in [6.45, 7) is 7.70. The van der Waals surface area contributed by atoms with E-state index < -0.39 is 17.8 Å². The van der Waals surface area contributed by atoms with Crippen LogP contribution in [0.3, 0.4) is 0 Å². The highest BCUT2D eigenvalue weighted by molar-refractivity contribution is 6.01. The standard InChI is InChI=1S/C22H31N3O5/c1-3-24(4-2)15-14-23-19(26)7-5-6-17-8-10-18(11-9-17)16-22(29)30-25-20(27)12-13-21(25)28/h8-11H,3-7,12-16H2,1-2H3,(H,23,26). The molecule has 0 unspecified atom stereocenters. The largest absolute Gasteiger partial charge is 0.355 e. The zero-order valence-corrected chi connectivity index (χ0v) is 17.8. The van der Waals surface area contributed by atoms with E-state index in [1.165, 1.54) is 0 Å². The minimum Gasteiger partial charge on any atom is -0.355 e. The number of benzene rings is 1. The van der Waals surface area contributed by atoms with Gasteiger partial charge in [-0.3, -0.25) is 14.4 Å². The van der Waals surface area contributed by atoms with Crippen LogP contribution >= 0.6 is 0 Å². The number of rotatable bonds is 12. The third-order valence-electron chi connectivity index (χ3n) is 5.08. The first-order chi connectivity index (χ1) is 14.4. The normalized spacial score (nSPS) is 13.8. The Morgan fingerprint density at radius 3 is 2.23 bits per heavy atom. The van der Waals surface area contributed by atoms with E-state index in [9.17, 15) is 19.2 Å². The number of hydrogen-bond acceptors (Lipinski definition) is 6. The van der Waals surface area contributed by atoms with Crippen LogP contribution in [0.15, 0.2) is 24.3 Å². The zero-order valence-electron chi connectivity index (χ0n) is 17.8. The van der Waals surface area contributed by atoms with Crippen LogP contribution in [0.5, 0.6) is 0 Å². The fourth-order valence-electron chi connectivity index (χ4n) is 3.22. The number of aryl methyl sites for hydroxylation is 1. The maximum Gasteiger partial charge on any atom is 0.337 e. The second-order valence-electron chi connectivity index (χ2n) is 7.27. The number of nitrogens with zero attached hydrogens (tertiary/aromatic N) is 2. The Labute approximate surface area is 177 Å². The molecular formula is C22H31N3O5. The van der Waals surface area contributed by atoms with Crippen molar-refractivity contribution in [3.63, 3.8) is 0 Å². The summed E-state index contributed by atoms with van der Waals surface area (Å²) in [5.41, 5.74) is 1.81. The lowest BCUT2D eigenvalue weighted by Crippen LogP contribution is -2.34. The highest BCUT2D eigenvalue weighted by atomic mass is 16.7. The van der Waals surface area contributed by atoms with Crippen molar-refractivity contribution in [1.82, 2.24) is 15.3 Å². The molecule has 30 heavy (non-hydrogen) atoms. The lowest BCUT2D eigenvalue weighted by molar-refractivity contribution is -0.197. The Morgan fingerprint density at radius 2 is 1.63 bits per heavy atom. The molecule has 0 aliphatic carbocycles. The average molecular weight is 418 g/mol. The molecule has 1 aromatic carbocycles. The van der Waals surface area contributed by atoms with E-state index in [0.717, 1.165) is 43.6 Å². The monoisotopic (exact) mass is 417 g/mol. The van der Waals surface area contributed by atoms with Crippen LogP contribution < -0.4 is 5.32 Å². The summed E-state index contributed by atoms with van der Waals surface area (Å²) < 4.78 is 0. The molecule has 1 N–H and O–H groups in total. The van der Waals surface area contributed by atoms with Crippen molar-refractivity contribution in [2.75, 3.05) is 26.2 Å². The maximum atomic E-state index is 11.9. The zero-order chi connectivity index (χ0) is 21.9. The lowest BCUT2D eigenvalue weighted by Gasteiger charge is -2.17. The van der Waals surface area contributed by atoms with Gasteiger partial charge in [-0.25, -0.2) is 4.79 Å². The molecule has 1 heterocycles. The van der Waals surface area contributed by atoms with E-state index in [1.54, 1.807) is 0 Å². The van der Waals surface area contributed by atoms with E-state index in [1.807, 2.05) is 24.3 Å². The smallest absolute Gasteiger partial charge is 0.337 e. The lowest BCUT2D eigenvalue weighted by atomic mass is 10.0. The van der Waals surface area contributed by atoms with Crippen LogP contribution in [0.4, 0.5) is 0 Å². The van der Waals surface area contributed by atoms with Crippen LogP contribution in [0.1, 0.15) is 50.7 Å². The Morgan fingerprint density at radius 1 is 1.03 bits per heavy atom. The van der Waals surface area contributed by atoms with Crippen LogP contribution in [0.2, 0.25) is 0 Å². The van der Waals surface area contributed by atoms with Crippen LogP contribution in [0.25, 0.3) is 0 Å². The van der Waals surface area contributed by atoms with Gasteiger partial charge in [-0.05, 0) is 37.1 Å². The molecule has 3 amide bonds. The summed E-state index contributed by atoms with van der Waals surface area (Å²) in [4.78, 5) is 54.0. The van der Waals surface area contributed by atoms with Gasteiger partial charge in [-0.1, -0.05) is 38.1 Å². The third-order valence-corrected chi connectivity index (χ3v) is 5.08. The first-order valence-corrected chi connectivity index (χ1v) is 10.6. The quantitative estimate of drug-likeness (QED) is 0.519. The fourth-order valence-corrected chi connectivity index (χ4v) is 3.22. The SMILES string of the molecule is CCN(CC)CCNC(=O)CCCc1ccc(CC(=O)ON2C(=O)CCC2=O)cc1. The minimum atomic E-state index is -0.646. The summed E-state index contributed by atoms with van der Waals surface area (Å²) in [6, 6.07) is 7.45. The average Bonchev–Trinajstić information content (AvgIpc) is 3.04. The first-order valence-electron chi connectivity index (χ1n) is 10.6. The van der Waals surface area contributed by atoms with Gasteiger partial charge in [0.1, 0.15) is 0 Å². The summed E-state index contributed by atoms with van der Waals surface area (Å²) >= 11 is 0. The molecule has 2 rings (SSSR count). The number of hydrogen-bond donors (Lipinski definition) is 1. The molecule has 0 aromatic heterocycles. The summed E-state index contributed by atoms with van der Waals surface area (Å²) in [7, 11) is 0. The van der Waals surface area contributed by atoms with Gasteiger partial charge < -0.3 is 15.1 Å². The van der Waals surface area contributed by atoms with Gasteiger partial charge in [0.15, 0.2) is 0 Å². The molecular weight excluding hydrogens is 386 g/mol. The van der Waals surface area contributed by atoms with Gasteiger partial charge in [0, 0.05) is 32.4 Å². The summed E-state index contributed by atoms with van der Waals surface area (Å²) in [5.74, 6) is -1.55. The van der Waals surface area contributed by atoms with Gasteiger partial charge in [-0.2, -0.15) is 0 Å². The molecule has 0 bridgehead atoms. The molecule has 1 aliphatic heterocycles. The predicted molar refractivity (Wildman–Crippen MR) is 111 cm³/mol. The van der Waals surface area contributed by atoms with Crippen molar-refractivity contribution in [2.24, 2.45) is 0 Å². The molecule has 0 atom stereocenters. The highest BCUT2D eigenvalue weighted by Crippen LogP contribution is 2.14. The predicted octanol–water partition coefficient (Wildman–Crippen LogP) is 1.62. The first kappa shape index (κ1) is 23.5. The number of likely N-dealkylation sites (N-methyl/N-ethyl adjacent to an activating group) is 1. The van der Waals surface area contributed by atoms with Crippen LogP contribution in [0, 0.1) is 0 Å². The third kappa shape index (κ3) is 7.59. The summed E-state index contributed by atoms with van der Waals surface area (Å²) in [6.07, 6.45) is 2.13. The number of nitrogens with one attached hydrogen (secondary N) is 1. The van der Waals surface area contributed by atoms with Gasteiger partial charge in [0.05, 0.1) is 6.42 Å². The molecule has 1 fully saturated rings. The molecule has 0 spiro atoms. The van der Waals surface area contributed by atoms with E-state index in [0.29, 0.717) is 18.0 Å². The fraction of sp³-hybridized carbons (Fsp3) is 0.545. The Kier molecular flexibility index (Phi) is 9.47. The summed E-state index contributed by atoms with van der Waals surface area (Å²) in [5, 5.41) is 3.51. The maximum absolute atomic E-state index is 11.9. The minimum absolute atomic E-state index is 0.0215. The van der Waals surface area contributed by atoms with Crippen molar-refractivity contribution in [1.29, 1.82) is 0 Å². The van der Waals surface area contributed by atoms with Crippen molar-refractivity contribution < 1.29 is 24.0 Å². The van der Waals surface area contributed by atoms with Gasteiger partial charge in [-0.15, -0.1) is 5.06 Å². The second-order valence-corrected chi connectivity index (χ2v) is 7.27. The Balaban J connectivity index is 1.66. The highest BCUT2D eigenvalue weighted by Gasteiger charge is 2.32. The van der Waals surface area contributed by atoms with Crippen molar-refractivity contribution in [3.05, 3.63) is 35.4 Å². The van der Waals surface area contributed by atoms with Crippen molar-refractivity contribution in [3.8, 4) is 0 Å². The Hall–Kier alpha value is -2.74. The second kappa shape index (κ2) is 12.1. The van der Waals surface area contributed by atoms with Gasteiger partial charge in [0.2, 0.25) is 5.91 Å². The number of hydroxylamine groups is 2. The Bertz CT molecular complexity index is 728. The van der Waals surface area contributed by atoms with E-state index in [-0.39, 0.29) is 25.2 Å². The number of carbonyl (C=O) groups is 4. The molecule has 0 radical (unpaired) electrons. The van der Waals surface area contributed by atoms with E-state index in [2.05, 4.69) is 24.1 Å². The number of carbonyl (C=O) groups excluding carboxylic acids is 4. The van der Waals surface area contributed by atoms with E-state index in [4.69, 9.17) is 4.84 Å². The van der Waals surface area contributed by atoms with Crippen molar-refractivity contribution in [2.45, 2.75) is 52.4 Å². The molecule has 1 aliphatic rings. The number of amides is 3. The molecule has 164 valence electrons. The van der Waals surface area contributed by atoms with Crippen molar-refractivity contribution >= 4 is 23.7 Å². The molecule has 1 aromatic rings. The van der Waals surface area contributed by atoms with Gasteiger partial charge in [0.25, 0.3) is 11.8 Å². The molecule has 8 nitrogen and oxygen atoms in total. The van der Waals surface area contributed by atoms with Gasteiger partial charge >= 0.3 is 5.97 Å². The van der Waals surface area contributed by atoms with E-state index >= 15 is 0 Å². The van der Waals surface area contributed by atoms with Crippen LogP contribution in [-0.4, -0.2) is 59.8 Å². The number of imide groups is 1. The topological polar surface area (TPSA) is 96.0 Å². The molecule has 8 heteroatoms. The molecule has 0 saturated carbocycles.